The van der Waals surface area contributed by atoms with Gasteiger partial charge in [-0.1, -0.05) is 0 Å². The molecular formula is C12H20S4Te. The Morgan fingerprint density at radius 1 is 1.00 bits per heavy atom. The summed E-state index contributed by atoms with van der Waals surface area (Å²) >= 11 is 9.24. The van der Waals surface area contributed by atoms with E-state index in [2.05, 4.69) is 47.0 Å². The van der Waals surface area contributed by atoms with Gasteiger partial charge in [-0.15, -0.1) is 0 Å². The minimum atomic E-state index is 0.350. The van der Waals surface area contributed by atoms with Gasteiger partial charge in [-0.2, -0.15) is 0 Å². The third-order valence-corrected chi connectivity index (χ3v) is 13.9. The Kier molecular flexibility index (Phi) is 6.05. The monoisotopic (exact) mass is 422 g/mol. The second-order valence-electron chi connectivity index (χ2n) is 4.94. The van der Waals surface area contributed by atoms with Crippen LogP contribution in [0.5, 0.6) is 0 Å². The molecule has 0 saturated carbocycles. The molecule has 5 heteroatoms. The Hall–Kier alpha value is 2.19. The van der Waals surface area contributed by atoms with Crippen molar-refractivity contribution in [1.29, 1.82) is 0 Å². The SMILES string of the molecule is C1CC(CSCC2CS2)[Te]CC1SCC1CS1. The van der Waals surface area contributed by atoms with Gasteiger partial charge in [0.05, 0.1) is 0 Å². The fourth-order valence-corrected chi connectivity index (χ4v) is 11.8. The van der Waals surface area contributed by atoms with Crippen LogP contribution in [-0.2, 0) is 0 Å². The third kappa shape index (κ3) is 5.60. The average molecular weight is 420 g/mol. The van der Waals surface area contributed by atoms with Gasteiger partial charge in [-0.25, -0.2) is 0 Å². The summed E-state index contributed by atoms with van der Waals surface area (Å²) in [7, 11) is 0. The van der Waals surface area contributed by atoms with E-state index in [4.69, 9.17) is 0 Å². The van der Waals surface area contributed by atoms with E-state index in [0.717, 1.165) is 15.7 Å². The topological polar surface area (TPSA) is 0 Å². The predicted octanol–water partition coefficient (Wildman–Crippen LogP) is 3.76. The van der Waals surface area contributed by atoms with Crippen molar-refractivity contribution in [1.82, 2.24) is 0 Å². The van der Waals surface area contributed by atoms with Gasteiger partial charge < -0.3 is 0 Å². The van der Waals surface area contributed by atoms with E-state index in [9.17, 15) is 0 Å². The molecule has 0 amide bonds. The maximum atomic E-state index is 2.31. The zero-order valence-corrected chi connectivity index (χ0v) is 15.6. The average Bonchev–Trinajstić information content (AvgIpc) is 3.23. The second-order valence-corrected chi connectivity index (χ2v) is 13.8. The zero-order chi connectivity index (χ0) is 11.5. The van der Waals surface area contributed by atoms with E-state index < -0.39 is 0 Å². The molecular weight excluding hydrogens is 400 g/mol. The Morgan fingerprint density at radius 2 is 1.76 bits per heavy atom. The van der Waals surface area contributed by atoms with Crippen LogP contribution in [0.2, 0.25) is 8.43 Å². The van der Waals surface area contributed by atoms with Gasteiger partial charge in [-0.05, 0) is 0 Å². The van der Waals surface area contributed by atoms with Crippen LogP contribution >= 0.6 is 47.0 Å². The fraction of sp³-hybridized carbons (Fsp3) is 1.00. The second kappa shape index (κ2) is 7.27. The maximum absolute atomic E-state index is 2.31. The van der Waals surface area contributed by atoms with Crippen molar-refractivity contribution in [3.05, 3.63) is 0 Å². The molecule has 98 valence electrons. The van der Waals surface area contributed by atoms with Gasteiger partial charge >= 0.3 is 134 Å². The molecule has 0 N–H and O–H groups in total. The standard InChI is InChI=1S/C12H20S4Te/c1-2-12(7-13-3-10-4-15-10)17-8-9(1)14-5-11-6-16-11/h9-12H,1-8H2. The Bertz CT molecular complexity index is 235. The molecule has 0 nitrogen and oxygen atoms in total. The first-order valence-electron chi connectivity index (χ1n) is 6.44. The molecule has 0 aromatic carbocycles. The Balaban J connectivity index is 1.24. The molecule has 3 aliphatic heterocycles. The third-order valence-electron chi connectivity index (χ3n) is 3.26. The Morgan fingerprint density at radius 3 is 2.41 bits per heavy atom. The minimum absolute atomic E-state index is 0.350. The van der Waals surface area contributed by atoms with E-state index in [-0.39, 0.29) is 0 Å². The molecule has 3 rings (SSSR count). The summed E-state index contributed by atoms with van der Waals surface area (Å²) in [4.78, 5) is 0. The predicted molar refractivity (Wildman–Crippen MR) is 89.6 cm³/mol. The van der Waals surface area contributed by atoms with Crippen molar-refractivity contribution in [2.45, 2.75) is 37.0 Å². The van der Waals surface area contributed by atoms with Crippen LogP contribution in [0, 0.1) is 0 Å². The van der Waals surface area contributed by atoms with Gasteiger partial charge in [0.25, 0.3) is 0 Å². The van der Waals surface area contributed by atoms with Crippen molar-refractivity contribution in [3.63, 3.8) is 0 Å². The molecule has 4 atom stereocenters. The molecule has 3 saturated heterocycles. The van der Waals surface area contributed by atoms with Crippen LogP contribution < -0.4 is 0 Å². The number of hydrogen-bond acceptors (Lipinski definition) is 4. The van der Waals surface area contributed by atoms with Gasteiger partial charge in [0, 0.05) is 0 Å². The number of hydrogen-bond donors (Lipinski definition) is 0. The van der Waals surface area contributed by atoms with Crippen LogP contribution in [0.1, 0.15) is 12.8 Å². The first-order valence-corrected chi connectivity index (χ1v) is 13.7. The first-order chi connectivity index (χ1) is 8.40. The summed E-state index contributed by atoms with van der Waals surface area (Å²) in [5.41, 5.74) is 0. The van der Waals surface area contributed by atoms with E-state index in [1.165, 1.54) is 39.2 Å². The van der Waals surface area contributed by atoms with Gasteiger partial charge in [0.2, 0.25) is 0 Å². The van der Waals surface area contributed by atoms with E-state index in [0.29, 0.717) is 20.9 Å². The quantitative estimate of drug-likeness (QED) is 0.455. The van der Waals surface area contributed by atoms with Crippen molar-refractivity contribution in [2.75, 3.05) is 28.8 Å². The summed E-state index contributed by atoms with van der Waals surface area (Å²) in [5.74, 6) is 7.32. The molecule has 3 fully saturated rings. The summed E-state index contributed by atoms with van der Waals surface area (Å²) in [6.45, 7) is 0. The number of thioether (sulfide) groups is 4. The van der Waals surface area contributed by atoms with Crippen LogP contribution in [-0.4, -0.2) is 65.4 Å². The van der Waals surface area contributed by atoms with Crippen LogP contribution in [0.4, 0.5) is 0 Å². The zero-order valence-electron chi connectivity index (χ0n) is 10.0. The van der Waals surface area contributed by atoms with Gasteiger partial charge in [0.1, 0.15) is 0 Å². The van der Waals surface area contributed by atoms with Gasteiger partial charge in [0.15, 0.2) is 0 Å². The van der Waals surface area contributed by atoms with Crippen molar-refractivity contribution >= 4 is 68.0 Å². The molecule has 3 aliphatic rings. The molecule has 4 unspecified atom stereocenters. The van der Waals surface area contributed by atoms with Crippen molar-refractivity contribution in [2.24, 2.45) is 0 Å². The van der Waals surface area contributed by atoms with Crippen LogP contribution in [0.25, 0.3) is 0 Å². The van der Waals surface area contributed by atoms with Crippen LogP contribution in [0.3, 0.4) is 0 Å². The Labute approximate surface area is 132 Å². The molecule has 0 bridgehead atoms. The normalized spacial score (nSPS) is 40.2. The molecule has 17 heavy (non-hydrogen) atoms. The van der Waals surface area contributed by atoms with Crippen molar-refractivity contribution in [3.8, 4) is 0 Å². The summed E-state index contributed by atoms with van der Waals surface area (Å²) in [6, 6.07) is 0. The molecule has 0 aromatic heterocycles. The van der Waals surface area contributed by atoms with Crippen LogP contribution in [0.15, 0.2) is 0 Å². The molecule has 0 radical (unpaired) electrons. The van der Waals surface area contributed by atoms with Crippen molar-refractivity contribution < 1.29 is 0 Å². The molecule has 0 spiro atoms. The molecule has 3 heterocycles. The van der Waals surface area contributed by atoms with Gasteiger partial charge in [-0.3, -0.25) is 0 Å². The summed E-state index contributed by atoms with van der Waals surface area (Å²) in [6.07, 6.45) is 3.11. The molecule has 0 aromatic rings. The van der Waals surface area contributed by atoms with E-state index >= 15 is 0 Å². The van der Waals surface area contributed by atoms with E-state index in [1.807, 2.05) is 0 Å². The first kappa shape index (κ1) is 14.1. The number of rotatable bonds is 7. The fourth-order valence-electron chi connectivity index (χ4n) is 1.95. The van der Waals surface area contributed by atoms with E-state index in [1.54, 1.807) is 10.9 Å². The molecule has 0 aliphatic carbocycles. The summed E-state index contributed by atoms with van der Waals surface area (Å²) in [5, 5.41) is 3.16. The summed E-state index contributed by atoms with van der Waals surface area (Å²) < 4.78 is 2.82.